The molecule has 1 fully saturated rings. The Morgan fingerprint density at radius 2 is 2.00 bits per heavy atom. The van der Waals surface area contributed by atoms with E-state index in [1.807, 2.05) is 6.92 Å². The highest BCUT2D eigenvalue weighted by molar-refractivity contribution is 5.92. The van der Waals surface area contributed by atoms with Crippen LogP contribution >= 0.6 is 0 Å². The zero-order valence-electron chi connectivity index (χ0n) is 12.2. The first kappa shape index (κ1) is 16.1. The predicted molar refractivity (Wildman–Crippen MR) is 76.9 cm³/mol. The normalized spacial score (nSPS) is 11.9. The van der Waals surface area contributed by atoms with E-state index in [1.54, 1.807) is 18.2 Å². The van der Waals surface area contributed by atoms with Crippen molar-refractivity contribution >= 4 is 5.97 Å². The standard InChI is InChI=1S/C13H14O3.C3H6O/c1-4-5-6-10-7-8-11(13(14)16-3)12(9-10)15-2;1-2-4-3-1/h7-9H,4H2,1-3H3;1-3H2. The van der Waals surface area contributed by atoms with Gasteiger partial charge in [0.05, 0.1) is 14.2 Å². The number of rotatable bonds is 2. The van der Waals surface area contributed by atoms with E-state index in [0.717, 1.165) is 25.2 Å². The van der Waals surface area contributed by atoms with Gasteiger partial charge in [0, 0.05) is 25.2 Å². The summed E-state index contributed by atoms with van der Waals surface area (Å²) in [6.07, 6.45) is 2.07. The molecule has 1 heterocycles. The lowest BCUT2D eigenvalue weighted by atomic mass is 10.1. The van der Waals surface area contributed by atoms with Gasteiger partial charge in [0.1, 0.15) is 11.3 Å². The topological polar surface area (TPSA) is 44.8 Å². The number of hydrogen-bond donors (Lipinski definition) is 0. The first-order chi connectivity index (χ1) is 9.72. The van der Waals surface area contributed by atoms with E-state index in [9.17, 15) is 4.79 Å². The molecule has 1 saturated heterocycles. The van der Waals surface area contributed by atoms with Crippen LogP contribution < -0.4 is 4.74 Å². The van der Waals surface area contributed by atoms with Gasteiger partial charge < -0.3 is 14.2 Å². The molecule has 1 aromatic carbocycles. The zero-order chi connectivity index (χ0) is 14.8. The molecule has 1 aliphatic heterocycles. The zero-order valence-corrected chi connectivity index (χ0v) is 12.2. The largest absolute Gasteiger partial charge is 0.496 e. The maximum atomic E-state index is 11.4. The van der Waals surface area contributed by atoms with Gasteiger partial charge in [-0.2, -0.15) is 0 Å². The van der Waals surface area contributed by atoms with Gasteiger partial charge in [-0.1, -0.05) is 18.8 Å². The minimum absolute atomic E-state index is 0.409. The number of carbonyl (C=O) groups is 1. The van der Waals surface area contributed by atoms with Crippen molar-refractivity contribution in [3.05, 3.63) is 29.3 Å². The molecular formula is C16H20O4. The number of hydrogen-bond acceptors (Lipinski definition) is 4. The monoisotopic (exact) mass is 276 g/mol. The Balaban J connectivity index is 0.000000425. The van der Waals surface area contributed by atoms with Crippen LogP contribution in [-0.4, -0.2) is 33.4 Å². The fourth-order valence-corrected chi connectivity index (χ4v) is 1.38. The molecule has 0 bridgehead atoms. The molecule has 108 valence electrons. The quantitative estimate of drug-likeness (QED) is 0.615. The third-order valence-corrected chi connectivity index (χ3v) is 2.59. The van der Waals surface area contributed by atoms with Crippen molar-refractivity contribution in [3.8, 4) is 17.6 Å². The molecule has 0 amide bonds. The third-order valence-electron chi connectivity index (χ3n) is 2.59. The lowest BCUT2D eigenvalue weighted by Crippen LogP contribution is -2.09. The van der Waals surface area contributed by atoms with Gasteiger partial charge in [-0.3, -0.25) is 0 Å². The maximum absolute atomic E-state index is 11.4. The molecule has 0 aromatic heterocycles. The van der Waals surface area contributed by atoms with Crippen LogP contribution in [0.3, 0.4) is 0 Å². The van der Waals surface area contributed by atoms with E-state index in [0.29, 0.717) is 11.3 Å². The van der Waals surface area contributed by atoms with Crippen molar-refractivity contribution in [2.45, 2.75) is 19.8 Å². The second kappa shape index (κ2) is 9.00. The molecule has 20 heavy (non-hydrogen) atoms. The Labute approximate surface area is 120 Å². The summed E-state index contributed by atoms with van der Waals surface area (Å²) in [6.45, 7) is 3.98. The molecule has 1 aliphatic rings. The molecule has 0 atom stereocenters. The minimum atomic E-state index is -0.410. The molecule has 0 spiro atoms. The van der Waals surface area contributed by atoms with Crippen LogP contribution in [0.4, 0.5) is 0 Å². The van der Waals surface area contributed by atoms with Crippen molar-refractivity contribution in [2.24, 2.45) is 0 Å². The number of benzene rings is 1. The Morgan fingerprint density at radius 1 is 1.35 bits per heavy atom. The van der Waals surface area contributed by atoms with Crippen LogP contribution in [0.25, 0.3) is 0 Å². The average Bonchev–Trinajstić information content (AvgIpc) is 2.42. The Hall–Kier alpha value is -1.99. The van der Waals surface area contributed by atoms with Gasteiger partial charge in [-0.15, -0.1) is 0 Å². The van der Waals surface area contributed by atoms with Crippen molar-refractivity contribution in [2.75, 3.05) is 27.4 Å². The summed E-state index contributed by atoms with van der Waals surface area (Å²) in [6, 6.07) is 5.16. The predicted octanol–water partition coefficient (Wildman–Crippen LogP) is 2.65. The number of methoxy groups -OCH3 is 2. The van der Waals surface area contributed by atoms with Crippen molar-refractivity contribution in [1.29, 1.82) is 0 Å². The minimum Gasteiger partial charge on any atom is -0.496 e. The highest BCUT2D eigenvalue weighted by Crippen LogP contribution is 2.20. The first-order valence-electron chi connectivity index (χ1n) is 6.55. The molecule has 0 N–H and O–H groups in total. The maximum Gasteiger partial charge on any atom is 0.341 e. The van der Waals surface area contributed by atoms with Crippen LogP contribution in [0.15, 0.2) is 18.2 Å². The lowest BCUT2D eigenvalue weighted by molar-refractivity contribution is 0.0367. The molecule has 4 nitrogen and oxygen atoms in total. The highest BCUT2D eigenvalue weighted by atomic mass is 16.5. The summed E-state index contributed by atoms with van der Waals surface area (Å²) in [5.41, 5.74) is 1.23. The van der Waals surface area contributed by atoms with E-state index < -0.39 is 5.97 Å². The number of esters is 1. The van der Waals surface area contributed by atoms with Crippen molar-refractivity contribution in [3.63, 3.8) is 0 Å². The molecule has 0 unspecified atom stereocenters. The van der Waals surface area contributed by atoms with E-state index in [2.05, 4.69) is 16.6 Å². The SMILES string of the molecule is C1COC1.CCC#Cc1ccc(C(=O)OC)c(OC)c1. The summed E-state index contributed by atoms with van der Waals surface area (Å²) < 4.78 is 14.5. The first-order valence-corrected chi connectivity index (χ1v) is 6.55. The highest BCUT2D eigenvalue weighted by Gasteiger charge is 2.12. The molecule has 4 heteroatoms. The molecule has 0 saturated carbocycles. The average molecular weight is 276 g/mol. The molecule has 0 aliphatic carbocycles. The Kier molecular flexibility index (Phi) is 7.23. The van der Waals surface area contributed by atoms with E-state index in [1.165, 1.54) is 20.6 Å². The van der Waals surface area contributed by atoms with Crippen LogP contribution in [0.5, 0.6) is 5.75 Å². The fraction of sp³-hybridized carbons (Fsp3) is 0.438. The number of ether oxygens (including phenoxy) is 3. The molecule has 2 rings (SSSR count). The van der Waals surface area contributed by atoms with E-state index in [4.69, 9.17) is 9.47 Å². The van der Waals surface area contributed by atoms with Gasteiger partial charge in [-0.05, 0) is 24.6 Å². The van der Waals surface area contributed by atoms with Crippen LogP contribution in [0.1, 0.15) is 35.7 Å². The Morgan fingerprint density at radius 3 is 2.45 bits per heavy atom. The Bertz CT molecular complexity index is 489. The molecule has 0 radical (unpaired) electrons. The number of carbonyl (C=O) groups excluding carboxylic acids is 1. The fourth-order valence-electron chi connectivity index (χ4n) is 1.38. The second-order valence-electron chi connectivity index (χ2n) is 4.03. The second-order valence-corrected chi connectivity index (χ2v) is 4.03. The van der Waals surface area contributed by atoms with Gasteiger partial charge in [0.25, 0.3) is 0 Å². The summed E-state index contributed by atoms with van der Waals surface area (Å²) in [7, 11) is 2.85. The molecular weight excluding hydrogens is 256 g/mol. The summed E-state index contributed by atoms with van der Waals surface area (Å²) in [4.78, 5) is 11.4. The van der Waals surface area contributed by atoms with Crippen molar-refractivity contribution in [1.82, 2.24) is 0 Å². The summed E-state index contributed by atoms with van der Waals surface area (Å²) in [5, 5.41) is 0. The van der Waals surface area contributed by atoms with E-state index >= 15 is 0 Å². The third kappa shape index (κ3) is 4.94. The van der Waals surface area contributed by atoms with Crippen LogP contribution in [0, 0.1) is 11.8 Å². The van der Waals surface area contributed by atoms with Gasteiger partial charge in [0.15, 0.2) is 0 Å². The van der Waals surface area contributed by atoms with Crippen LogP contribution in [-0.2, 0) is 9.47 Å². The summed E-state index contributed by atoms with van der Waals surface area (Å²) >= 11 is 0. The summed E-state index contributed by atoms with van der Waals surface area (Å²) in [5.74, 6) is 6.00. The van der Waals surface area contributed by atoms with Gasteiger partial charge in [-0.25, -0.2) is 4.79 Å². The van der Waals surface area contributed by atoms with E-state index in [-0.39, 0.29) is 0 Å². The van der Waals surface area contributed by atoms with Crippen LogP contribution in [0.2, 0.25) is 0 Å². The van der Waals surface area contributed by atoms with Gasteiger partial charge in [0.2, 0.25) is 0 Å². The van der Waals surface area contributed by atoms with Crippen molar-refractivity contribution < 1.29 is 19.0 Å². The van der Waals surface area contributed by atoms with Gasteiger partial charge >= 0.3 is 5.97 Å². The smallest absolute Gasteiger partial charge is 0.341 e. The molecule has 1 aromatic rings. The lowest BCUT2D eigenvalue weighted by Gasteiger charge is -2.09.